The Hall–Kier alpha value is -0.360. The highest BCUT2D eigenvalue weighted by atomic mass is 79.9. The molecule has 0 saturated heterocycles. The third kappa shape index (κ3) is 3.89. The standard InChI is InChI=1S/C15H18Br2ClN3/c1-4-19-13(11-7-10(16)5-6-12(11)18)8-14-15(17)9(2)20-21(14)3/h5-7,13,19H,4,8H2,1-3H3. The van der Waals surface area contributed by atoms with Crippen molar-refractivity contribution in [3.05, 3.63) is 49.1 Å². The van der Waals surface area contributed by atoms with Crippen LogP contribution in [0.2, 0.25) is 5.02 Å². The fourth-order valence-corrected chi connectivity index (χ4v) is 3.54. The second-order valence-electron chi connectivity index (χ2n) is 4.95. The van der Waals surface area contributed by atoms with Gasteiger partial charge in [-0.3, -0.25) is 4.68 Å². The highest BCUT2D eigenvalue weighted by Crippen LogP contribution is 2.31. The first-order valence-electron chi connectivity index (χ1n) is 6.80. The summed E-state index contributed by atoms with van der Waals surface area (Å²) >= 11 is 13.5. The molecule has 0 fully saturated rings. The van der Waals surface area contributed by atoms with Gasteiger partial charge in [-0.1, -0.05) is 34.5 Å². The molecule has 1 aromatic heterocycles. The zero-order valence-electron chi connectivity index (χ0n) is 12.3. The van der Waals surface area contributed by atoms with E-state index in [1.807, 2.05) is 30.8 Å². The number of hydrogen-bond donors (Lipinski definition) is 1. The average molecular weight is 436 g/mol. The van der Waals surface area contributed by atoms with Crippen molar-refractivity contribution in [2.75, 3.05) is 6.54 Å². The van der Waals surface area contributed by atoms with E-state index < -0.39 is 0 Å². The van der Waals surface area contributed by atoms with Crippen molar-refractivity contribution in [1.82, 2.24) is 15.1 Å². The lowest BCUT2D eigenvalue weighted by molar-refractivity contribution is 0.528. The lowest BCUT2D eigenvalue weighted by Crippen LogP contribution is -2.24. The SMILES string of the molecule is CCNC(Cc1c(Br)c(C)nn1C)c1cc(Br)ccc1Cl. The molecule has 1 aromatic carbocycles. The molecule has 1 N–H and O–H groups in total. The molecule has 0 aliphatic rings. The van der Waals surface area contributed by atoms with Gasteiger partial charge in [0.2, 0.25) is 0 Å². The summed E-state index contributed by atoms with van der Waals surface area (Å²) in [5.41, 5.74) is 3.26. The Kier molecular flexibility index (Phi) is 5.88. The van der Waals surface area contributed by atoms with Crippen molar-refractivity contribution in [3.8, 4) is 0 Å². The monoisotopic (exact) mass is 433 g/mol. The predicted octanol–water partition coefficient (Wildman–Crippen LogP) is 4.80. The van der Waals surface area contributed by atoms with Crippen LogP contribution in [-0.2, 0) is 13.5 Å². The maximum absolute atomic E-state index is 6.38. The molecule has 114 valence electrons. The van der Waals surface area contributed by atoms with Gasteiger partial charge < -0.3 is 5.32 Å². The predicted molar refractivity (Wildman–Crippen MR) is 94.9 cm³/mol. The summed E-state index contributed by atoms with van der Waals surface area (Å²) in [4.78, 5) is 0. The minimum Gasteiger partial charge on any atom is -0.310 e. The van der Waals surface area contributed by atoms with E-state index in [2.05, 4.69) is 55.3 Å². The van der Waals surface area contributed by atoms with E-state index in [9.17, 15) is 0 Å². The third-order valence-corrected chi connectivity index (χ3v) is 5.31. The van der Waals surface area contributed by atoms with Crippen LogP contribution < -0.4 is 5.32 Å². The van der Waals surface area contributed by atoms with Crippen LogP contribution in [0.4, 0.5) is 0 Å². The van der Waals surface area contributed by atoms with Gasteiger partial charge in [0.05, 0.1) is 15.9 Å². The van der Waals surface area contributed by atoms with Gasteiger partial charge in [0, 0.05) is 29.0 Å². The van der Waals surface area contributed by atoms with Crippen molar-refractivity contribution >= 4 is 43.5 Å². The second-order valence-corrected chi connectivity index (χ2v) is 7.07. The van der Waals surface area contributed by atoms with Gasteiger partial charge in [-0.2, -0.15) is 5.10 Å². The van der Waals surface area contributed by atoms with E-state index >= 15 is 0 Å². The highest BCUT2D eigenvalue weighted by molar-refractivity contribution is 9.10. The Bertz CT molecular complexity index is 640. The third-order valence-electron chi connectivity index (χ3n) is 3.44. The van der Waals surface area contributed by atoms with Gasteiger partial charge in [0.15, 0.2) is 0 Å². The van der Waals surface area contributed by atoms with Crippen molar-refractivity contribution in [1.29, 1.82) is 0 Å². The Morgan fingerprint density at radius 1 is 1.38 bits per heavy atom. The van der Waals surface area contributed by atoms with Crippen LogP contribution >= 0.6 is 43.5 Å². The van der Waals surface area contributed by atoms with E-state index in [4.69, 9.17) is 11.6 Å². The average Bonchev–Trinajstić information content (AvgIpc) is 2.67. The molecule has 0 amide bonds. The van der Waals surface area contributed by atoms with Crippen LogP contribution in [0, 0.1) is 6.92 Å². The lowest BCUT2D eigenvalue weighted by Gasteiger charge is -2.20. The van der Waals surface area contributed by atoms with Crippen LogP contribution in [0.25, 0.3) is 0 Å². The molecule has 0 bridgehead atoms. The summed E-state index contributed by atoms with van der Waals surface area (Å²) < 4.78 is 4.03. The molecule has 1 unspecified atom stereocenters. The lowest BCUT2D eigenvalue weighted by atomic mass is 10.0. The number of benzene rings is 1. The van der Waals surface area contributed by atoms with Crippen molar-refractivity contribution in [2.24, 2.45) is 7.05 Å². The molecule has 0 saturated carbocycles. The molecule has 2 aromatic rings. The molecular formula is C15H18Br2ClN3. The summed E-state index contributed by atoms with van der Waals surface area (Å²) in [5, 5.41) is 8.75. The molecule has 2 rings (SSSR count). The zero-order chi connectivity index (χ0) is 15.6. The number of aryl methyl sites for hydroxylation is 2. The van der Waals surface area contributed by atoms with E-state index in [1.165, 1.54) is 0 Å². The topological polar surface area (TPSA) is 29.9 Å². The minimum absolute atomic E-state index is 0.145. The molecule has 0 aliphatic carbocycles. The molecule has 3 nitrogen and oxygen atoms in total. The summed E-state index contributed by atoms with van der Waals surface area (Å²) in [6.07, 6.45) is 0.821. The fourth-order valence-electron chi connectivity index (χ4n) is 2.42. The maximum atomic E-state index is 6.38. The molecular weight excluding hydrogens is 417 g/mol. The number of likely N-dealkylation sites (N-methyl/N-ethyl adjacent to an activating group) is 1. The molecule has 1 atom stereocenters. The van der Waals surface area contributed by atoms with Gasteiger partial charge >= 0.3 is 0 Å². The Morgan fingerprint density at radius 2 is 2.10 bits per heavy atom. The van der Waals surface area contributed by atoms with E-state index in [0.29, 0.717) is 0 Å². The molecule has 0 radical (unpaired) electrons. The summed E-state index contributed by atoms with van der Waals surface area (Å²) in [5.74, 6) is 0. The van der Waals surface area contributed by atoms with Gasteiger partial charge in [0.1, 0.15) is 0 Å². The molecule has 6 heteroatoms. The number of aromatic nitrogens is 2. The largest absolute Gasteiger partial charge is 0.310 e. The van der Waals surface area contributed by atoms with E-state index in [0.717, 1.165) is 43.9 Å². The maximum Gasteiger partial charge on any atom is 0.0738 e. The number of nitrogens with zero attached hydrogens (tertiary/aromatic N) is 2. The number of rotatable bonds is 5. The molecule has 1 heterocycles. The first-order chi connectivity index (χ1) is 9.93. The smallest absolute Gasteiger partial charge is 0.0738 e. The first-order valence-corrected chi connectivity index (χ1v) is 8.76. The Morgan fingerprint density at radius 3 is 2.67 bits per heavy atom. The van der Waals surface area contributed by atoms with Gasteiger partial charge in [-0.05, 0) is 53.2 Å². The van der Waals surface area contributed by atoms with Crippen LogP contribution in [0.15, 0.2) is 27.1 Å². The molecule has 21 heavy (non-hydrogen) atoms. The zero-order valence-corrected chi connectivity index (χ0v) is 16.2. The van der Waals surface area contributed by atoms with Crippen molar-refractivity contribution in [2.45, 2.75) is 26.3 Å². The van der Waals surface area contributed by atoms with Gasteiger partial charge in [-0.25, -0.2) is 0 Å². The van der Waals surface area contributed by atoms with Crippen LogP contribution in [0.5, 0.6) is 0 Å². The normalized spacial score (nSPS) is 12.7. The van der Waals surface area contributed by atoms with Crippen LogP contribution in [0.1, 0.15) is 29.9 Å². The van der Waals surface area contributed by atoms with Crippen LogP contribution in [-0.4, -0.2) is 16.3 Å². The summed E-state index contributed by atoms with van der Waals surface area (Å²) in [6.45, 7) is 4.98. The fraction of sp³-hybridized carbons (Fsp3) is 0.400. The second kappa shape index (κ2) is 7.27. The van der Waals surface area contributed by atoms with Crippen molar-refractivity contribution < 1.29 is 0 Å². The first kappa shape index (κ1) is 17.0. The van der Waals surface area contributed by atoms with E-state index in [1.54, 1.807) is 0 Å². The quantitative estimate of drug-likeness (QED) is 0.731. The summed E-state index contributed by atoms with van der Waals surface area (Å²) in [6, 6.07) is 6.10. The Balaban J connectivity index is 2.37. The van der Waals surface area contributed by atoms with Crippen molar-refractivity contribution in [3.63, 3.8) is 0 Å². The number of hydrogen-bond acceptors (Lipinski definition) is 2. The minimum atomic E-state index is 0.145. The number of halogens is 3. The number of nitrogens with one attached hydrogen (secondary N) is 1. The molecule has 0 aliphatic heterocycles. The molecule has 0 spiro atoms. The summed E-state index contributed by atoms with van der Waals surface area (Å²) in [7, 11) is 1.97. The van der Waals surface area contributed by atoms with Gasteiger partial charge in [-0.15, -0.1) is 0 Å². The highest BCUT2D eigenvalue weighted by Gasteiger charge is 2.19. The van der Waals surface area contributed by atoms with Gasteiger partial charge in [0.25, 0.3) is 0 Å². The Labute approximate surface area is 147 Å². The van der Waals surface area contributed by atoms with Crippen LogP contribution in [0.3, 0.4) is 0 Å². The van der Waals surface area contributed by atoms with E-state index in [-0.39, 0.29) is 6.04 Å².